The van der Waals surface area contributed by atoms with Crippen LogP contribution < -0.4 is 4.72 Å². The van der Waals surface area contributed by atoms with E-state index in [4.69, 9.17) is 4.52 Å². The fraction of sp³-hybridized carbons (Fsp3) is 0.0625. The van der Waals surface area contributed by atoms with Gasteiger partial charge in [0.25, 0.3) is 10.0 Å². The highest BCUT2D eigenvalue weighted by Gasteiger charge is 2.17. The van der Waals surface area contributed by atoms with E-state index in [2.05, 4.69) is 9.88 Å². The number of hydrogen-bond acceptors (Lipinski definition) is 4. The van der Waals surface area contributed by atoms with Crippen LogP contribution in [0.2, 0.25) is 0 Å². The predicted molar refractivity (Wildman–Crippen MR) is 83.8 cm³/mol. The van der Waals surface area contributed by atoms with Gasteiger partial charge in [-0.15, -0.1) is 0 Å². The number of halogens is 2. The van der Waals surface area contributed by atoms with Gasteiger partial charge in [-0.2, -0.15) is 0 Å². The largest absolute Gasteiger partial charge is 0.360 e. The highest BCUT2D eigenvalue weighted by molar-refractivity contribution is 7.92. The summed E-state index contributed by atoms with van der Waals surface area (Å²) in [6.07, 6.45) is 0. The topological polar surface area (TPSA) is 72.2 Å². The lowest BCUT2D eigenvalue weighted by Crippen LogP contribution is -2.13. The Kier molecular flexibility index (Phi) is 4.06. The minimum Gasteiger partial charge on any atom is -0.360 e. The number of sulfonamides is 1. The summed E-state index contributed by atoms with van der Waals surface area (Å²) in [6.45, 7) is 1.63. The molecule has 1 aromatic heterocycles. The molecule has 0 spiro atoms. The molecule has 0 radical (unpaired) electrons. The molecule has 0 aliphatic rings. The summed E-state index contributed by atoms with van der Waals surface area (Å²) < 4.78 is 58.6. The Labute approximate surface area is 137 Å². The third-order valence-corrected chi connectivity index (χ3v) is 4.66. The van der Waals surface area contributed by atoms with Crippen LogP contribution in [0.4, 0.5) is 14.6 Å². The summed E-state index contributed by atoms with van der Waals surface area (Å²) in [6, 6.07) is 10.7. The van der Waals surface area contributed by atoms with Gasteiger partial charge in [0.15, 0.2) is 17.5 Å². The Morgan fingerprint density at radius 2 is 1.79 bits per heavy atom. The molecule has 3 rings (SSSR count). The molecule has 0 saturated heterocycles. The van der Waals surface area contributed by atoms with Gasteiger partial charge in [0.1, 0.15) is 5.76 Å². The van der Waals surface area contributed by atoms with E-state index in [0.29, 0.717) is 11.3 Å². The van der Waals surface area contributed by atoms with Crippen LogP contribution in [0.15, 0.2) is 57.9 Å². The summed E-state index contributed by atoms with van der Waals surface area (Å²) in [5.41, 5.74) is 0.419. The zero-order chi connectivity index (χ0) is 17.3. The number of aromatic nitrogens is 1. The average Bonchev–Trinajstić information content (AvgIpc) is 2.94. The maximum atomic E-state index is 13.8. The lowest BCUT2D eigenvalue weighted by Gasteiger charge is -2.07. The highest BCUT2D eigenvalue weighted by atomic mass is 32.2. The lowest BCUT2D eigenvalue weighted by molar-refractivity contribution is 0.400. The first-order valence-corrected chi connectivity index (χ1v) is 8.36. The molecule has 0 fully saturated rings. The summed E-state index contributed by atoms with van der Waals surface area (Å²) in [5.74, 6) is -1.42. The molecule has 0 amide bonds. The Morgan fingerprint density at radius 1 is 1.08 bits per heavy atom. The molecule has 0 saturated carbocycles. The quantitative estimate of drug-likeness (QED) is 0.778. The predicted octanol–water partition coefficient (Wildman–Crippen LogP) is 3.73. The summed E-state index contributed by atoms with van der Waals surface area (Å²) in [4.78, 5) is -0.0382. The van der Waals surface area contributed by atoms with Crippen molar-refractivity contribution >= 4 is 15.8 Å². The van der Waals surface area contributed by atoms with Crippen LogP contribution in [0.25, 0.3) is 11.1 Å². The first kappa shape index (κ1) is 16.1. The molecule has 0 unspecified atom stereocenters. The molecule has 2 aromatic carbocycles. The molecule has 5 nitrogen and oxygen atoms in total. The van der Waals surface area contributed by atoms with Crippen molar-refractivity contribution in [3.05, 3.63) is 65.9 Å². The van der Waals surface area contributed by atoms with Crippen LogP contribution in [0.3, 0.4) is 0 Å². The van der Waals surface area contributed by atoms with Crippen LogP contribution in [0.1, 0.15) is 5.76 Å². The Morgan fingerprint density at radius 3 is 2.42 bits per heavy atom. The van der Waals surface area contributed by atoms with Crippen molar-refractivity contribution < 1.29 is 21.7 Å². The monoisotopic (exact) mass is 350 g/mol. The molecule has 24 heavy (non-hydrogen) atoms. The number of hydrogen-bond donors (Lipinski definition) is 1. The van der Waals surface area contributed by atoms with Gasteiger partial charge in [-0.05, 0) is 30.7 Å². The summed E-state index contributed by atoms with van der Waals surface area (Å²) in [5, 5.41) is 3.56. The lowest BCUT2D eigenvalue weighted by atomic mass is 10.1. The summed E-state index contributed by atoms with van der Waals surface area (Å²) >= 11 is 0. The van der Waals surface area contributed by atoms with Gasteiger partial charge in [0.05, 0.1) is 4.90 Å². The molecular weight excluding hydrogens is 338 g/mol. The fourth-order valence-corrected chi connectivity index (χ4v) is 3.14. The van der Waals surface area contributed by atoms with Crippen LogP contribution in [-0.4, -0.2) is 13.6 Å². The average molecular weight is 350 g/mol. The van der Waals surface area contributed by atoms with Crippen LogP contribution in [0, 0.1) is 18.6 Å². The SMILES string of the molecule is Cc1cc(NS(=O)(=O)c2ccc(-c3cccc(F)c3F)cc2)no1. The first-order chi connectivity index (χ1) is 11.4. The van der Waals surface area contributed by atoms with Crippen LogP contribution in [-0.2, 0) is 10.0 Å². The Bertz CT molecular complexity index is 983. The number of anilines is 1. The van der Waals surface area contributed by atoms with Gasteiger partial charge in [-0.3, -0.25) is 4.72 Å². The third kappa shape index (κ3) is 3.13. The second-order valence-corrected chi connectivity index (χ2v) is 6.74. The van der Waals surface area contributed by atoms with Crippen molar-refractivity contribution in [2.45, 2.75) is 11.8 Å². The molecule has 0 aliphatic heterocycles. The van der Waals surface area contributed by atoms with E-state index in [1.807, 2.05) is 0 Å². The second-order valence-electron chi connectivity index (χ2n) is 5.05. The molecule has 1 N–H and O–H groups in total. The van der Waals surface area contributed by atoms with E-state index in [0.717, 1.165) is 6.07 Å². The molecule has 1 heterocycles. The Hall–Kier alpha value is -2.74. The number of aryl methyl sites for hydroxylation is 1. The van der Waals surface area contributed by atoms with E-state index >= 15 is 0 Å². The van der Waals surface area contributed by atoms with Crippen molar-refractivity contribution in [1.29, 1.82) is 0 Å². The smallest absolute Gasteiger partial charge is 0.263 e. The minimum atomic E-state index is -3.86. The molecule has 3 aromatic rings. The normalized spacial score (nSPS) is 11.5. The molecular formula is C16H12F2N2O3S. The van der Waals surface area contributed by atoms with Crippen LogP contribution in [0.5, 0.6) is 0 Å². The minimum absolute atomic E-state index is 0.0382. The molecule has 124 valence electrons. The van der Waals surface area contributed by atoms with Crippen molar-refractivity contribution in [2.24, 2.45) is 0 Å². The number of nitrogens with one attached hydrogen (secondary N) is 1. The van der Waals surface area contributed by atoms with Gasteiger partial charge in [0, 0.05) is 11.6 Å². The van der Waals surface area contributed by atoms with Crippen molar-refractivity contribution in [3.63, 3.8) is 0 Å². The van der Waals surface area contributed by atoms with Crippen molar-refractivity contribution in [1.82, 2.24) is 5.16 Å². The summed E-state index contributed by atoms with van der Waals surface area (Å²) in [7, 11) is -3.86. The highest BCUT2D eigenvalue weighted by Crippen LogP contribution is 2.26. The van der Waals surface area contributed by atoms with Gasteiger partial charge in [0.2, 0.25) is 0 Å². The maximum Gasteiger partial charge on any atom is 0.263 e. The number of rotatable bonds is 4. The zero-order valence-corrected chi connectivity index (χ0v) is 13.3. The van der Waals surface area contributed by atoms with Crippen LogP contribution >= 0.6 is 0 Å². The van der Waals surface area contributed by atoms with Gasteiger partial charge >= 0.3 is 0 Å². The van der Waals surface area contributed by atoms with E-state index in [1.165, 1.54) is 42.5 Å². The maximum absolute atomic E-state index is 13.8. The number of benzene rings is 2. The van der Waals surface area contributed by atoms with E-state index in [-0.39, 0.29) is 16.3 Å². The van der Waals surface area contributed by atoms with E-state index in [9.17, 15) is 17.2 Å². The molecule has 0 atom stereocenters. The standard InChI is InChI=1S/C16H12F2N2O3S/c1-10-9-15(19-23-10)20-24(21,22)12-7-5-11(6-8-12)13-3-2-4-14(17)16(13)18/h2-9H,1H3,(H,19,20). The van der Waals surface area contributed by atoms with E-state index in [1.54, 1.807) is 6.92 Å². The van der Waals surface area contributed by atoms with Crippen molar-refractivity contribution in [3.8, 4) is 11.1 Å². The number of nitrogens with zero attached hydrogens (tertiary/aromatic N) is 1. The van der Waals surface area contributed by atoms with Crippen molar-refractivity contribution in [2.75, 3.05) is 4.72 Å². The van der Waals surface area contributed by atoms with Gasteiger partial charge < -0.3 is 4.52 Å². The Balaban J connectivity index is 1.90. The van der Waals surface area contributed by atoms with Gasteiger partial charge in [-0.1, -0.05) is 29.4 Å². The fourth-order valence-electron chi connectivity index (χ4n) is 2.15. The first-order valence-electron chi connectivity index (χ1n) is 6.87. The molecule has 0 bridgehead atoms. The molecule has 8 heteroatoms. The van der Waals surface area contributed by atoms with Gasteiger partial charge in [-0.25, -0.2) is 17.2 Å². The zero-order valence-electron chi connectivity index (χ0n) is 12.5. The van der Waals surface area contributed by atoms with E-state index < -0.39 is 21.7 Å². The molecule has 0 aliphatic carbocycles. The third-order valence-electron chi connectivity index (χ3n) is 3.29. The second kappa shape index (κ2) is 6.04.